The molecular weight excluding hydrogens is 257 g/mol. The molecule has 0 aliphatic carbocycles. The molecule has 3 nitrogen and oxygen atoms in total. The van der Waals surface area contributed by atoms with E-state index < -0.39 is 12.4 Å². The largest absolute Gasteiger partial charge is 0.388 e. The van der Waals surface area contributed by atoms with Gasteiger partial charge in [0.15, 0.2) is 5.78 Å². The topological polar surface area (TPSA) is 50.2 Å². The molecule has 0 atom stereocenters. The molecule has 0 aliphatic heterocycles. The lowest BCUT2D eigenvalue weighted by molar-refractivity contribution is 0.0902. The van der Waals surface area contributed by atoms with E-state index in [0.717, 1.165) is 0 Å². The van der Waals surface area contributed by atoms with Gasteiger partial charge in [0.2, 0.25) is 0 Å². The van der Waals surface area contributed by atoms with Crippen molar-refractivity contribution in [3.8, 4) is 0 Å². The average Bonchev–Trinajstić information content (AvgIpc) is 2.02. The SMILES string of the molecule is Cc1cc(Br)c(C(=O)CO)c(Cl)n1. The first-order valence-corrected chi connectivity index (χ1v) is 4.70. The van der Waals surface area contributed by atoms with Crippen molar-refractivity contribution in [1.29, 1.82) is 0 Å². The summed E-state index contributed by atoms with van der Waals surface area (Å²) in [5, 5.41) is 8.77. The van der Waals surface area contributed by atoms with E-state index in [1.54, 1.807) is 13.0 Å². The number of aryl methyl sites for hydroxylation is 1. The lowest BCUT2D eigenvalue weighted by Gasteiger charge is -2.04. The molecule has 1 N–H and O–H groups in total. The number of Topliss-reactive ketones (excluding diaryl/α,β-unsaturated/α-hetero) is 1. The summed E-state index contributed by atoms with van der Waals surface area (Å²) < 4.78 is 0.559. The van der Waals surface area contributed by atoms with Crippen LogP contribution < -0.4 is 0 Å². The Bertz CT molecular complexity index is 331. The van der Waals surface area contributed by atoms with Crippen molar-refractivity contribution in [3.63, 3.8) is 0 Å². The van der Waals surface area contributed by atoms with Crippen LogP contribution in [0.2, 0.25) is 5.15 Å². The Morgan fingerprint density at radius 3 is 2.85 bits per heavy atom. The first-order valence-electron chi connectivity index (χ1n) is 3.53. The number of hydrogen-bond donors (Lipinski definition) is 1. The van der Waals surface area contributed by atoms with Crippen LogP contribution >= 0.6 is 27.5 Å². The highest BCUT2D eigenvalue weighted by Crippen LogP contribution is 2.24. The van der Waals surface area contributed by atoms with E-state index in [4.69, 9.17) is 16.7 Å². The Kier molecular flexibility index (Phi) is 3.41. The molecule has 1 heterocycles. The lowest BCUT2D eigenvalue weighted by atomic mass is 10.2. The number of aliphatic hydroxyl groups is 1. The number of halogens is 2. The van der Waals surface area contributed by atoms with Crippen LogP contribution in [0.15, 0.2) is 10.5 Å². The molecule has 0 amide bonds. The van der Waals surface area contributed by atoms with Crippen molar-refractivity contribution in [2.45, 2.75) is 6.92 Å². The number of pyridine rings is 1. The molecule has 0 saturated heterocycles. The van der Waals surface area contributed by atoms with Crippen LogP contribution in [0.3, 0.4) is 0 Å². The zero-order valence-electron chi connectivity index (χ0n) is 6.84. The third-order valence-corrected chi connectivity index (χ3v) is 2.38. The van der Waals surface area contributed by atoms with Crippen LogP contribution in [0.25, 0.3) is 0 Å². The summed E-state index contributed by atoms with van der Waals surface area (Å²) in [6.45, 7) is 1.20. The molecule has 1 aromatic rings. The first kappa shape index (κ1) is 10.6. The molecule has 0 saturated carbocycles. The van der Waals surface area contributed by atoms with Crippen molar-refractivity contribution in [1.82, 2.24) is 4.98 Å². The summed E-state index contributed by atoms with van der Waals surface area (Å²) in [7, 11) is 0. The highest BCUT2D eigenvalue weighted by Gasteiger charge is 2.14. The van der Waals surface area contributed by atoms with Crippen molar-refractivity contribution < 1.29 is 9.90 Å². The number of rotatable bonds is 2. The normalized spacial score (nSPS) is 10.2. The van der Waals surface area contributed by atoms with Gasteiger partial charge in [-0.05, 0) is 28.9 Å². The molecule has 0 unspecified atom stereocenters. The van der Waals surface area contributed by atoms with Crippen molar-refractivity contribution in [2.75, 3.05) is 6.61 Å². The summed E-state index contributed by atoms with van der Waals surface area (Å²) in [5.74, 6) is -0.440. The van der Waals surface area contributed by atoms with Gasteiger partial charge in [0.05, 0.1) is 5.56 Å². The maximum absolute atomic E-state index is 11.2. The Balaban J connectivity index is 3.28. The van der Waals surface area contributed by atoms with Crippen LogP contribution in [0.5, 0.6) is 0 Å². The molecule has 13 heavy (non-hydrogen) atoms. The van der Waals surface area contributed by atoms with Gasteiger partial charge >= 0.3 is 0 Å². The summed E-state index contributed by atoms with van der Waals surface area (Å²) >= 11 is 8.92. The van der Waals surface area contributed by atoms with Gasteiger partial charge in [-0.2, -0.15) is 0 Å². The highest BCUT2D eigenvalue weighted by molar-refractivity contribution is 9.10. The number of nitrogens with zero attached hydrogens (tertiary/aromatic N) is 1. The summed E-state index contributed by atoms with van der Waals surface area (Å²) in [6, 6.07) is 1.68. The van der Waals surface area contributed by atoms with Crippen LogP contribution in [-0.4, -0.2) is 22.5 Å². The predicted octanol–water partition coefficient (Wildman–Crippen LogP) is 1.98. The number of ketones is 1. The minimum Gasteiger partial charge on any atom is -0.388 e. The predicted molar refractivity (Wildman–Crippen MR) is 53.1 cm³/mol. The second kappa shape index (κ2) is 4.17. The molecule has 1 aromatic heterocycles. The van der Waals surface area contributed by atoms with Gasteiger partial charge in [-0.3, -0.25) is 4.79 Å². The molecule has 0 radical (unpaired) electrons. The van der Waals surface area contributed by atoms with Gasteiger partial charge < -0.3 is 5.11 Å². The van der Waals surface area contributed by atoms with Crippen LogP contribution in [0.1, 0.15) is 16.1 Å². The van der Waals surface area contributed by atoms with E-state index in [2.05, 4.69) is 20.9 Å². The molecular formula is C8H7BrClNO2. The van der Waals surface area contributed by atoms with E-state index in [1.807, 2.05) is 0 Å². The van der Waals surface area contributed by atoms with E-state index in [9.17, 15) is 4.79 Å². The summed E-state index contributed by atoms with van der Waals surface area (Å²) in [6.07, 6.45) is 0. The second-order valence-corrected chi connectivity index (χ2v) is 3.70. The van der Waals surface area contributed by atoms with Gasteiger partial charge in [0, 0.05) is 10.2 Å². The van der Waals surface area contributed by atoms with E-state index >= 15 is 0 Å². The third-order valence-electron chi connectivity index (χ3n) is 1.48. The Morgan fingerprint density at radius 2 is 2.38 bits per heavy atom. The summed E-state index contributed by atoms with van der Waals surface area (Å²) in [5.41, 5.74) is 0.945. The van der Waals surface area contributed by atoms with E-state index in [0.29, 0.717) is 10.2 Å². The Labute approximate surface area is 88.9 Å². The molecule has 0 bridgehead atoms. The smallest absolute Gasteiger partial charge is 0.192 e. The number of aliphatic hydroxyl groups excluding tert-OH is 1. The van der Waals surface area contributed by atoms with Crippen molar-refractivity contribution in [3.05, 3.63) is 26.9 Å². The molecule has 0 aromatic carbocycles. The number of carbonyl (C=O) groups excluding carboxylic acids is 1. The zero-order valence-corrected chi connectivity index (χ0v) is 9.18. The molecule has 1 rings (SSSR count). The third kappa shape index (κ3) is 2.27. The minimum atomic E-state index is -0.566. The van der Waals surface area contributed by atoms with Crippen LogP contribution in [-0.2, 0) is 0 Å². The van der Waals surface area contributed by atoms with Gasteiger partial charge in [-0.15, -0.1) is 0 Å². The standard InChI is InChI=1S/C8H7BrClNO2/c1-4-2-5(9)7(6(13)3-12)8(10)11-4/h2,12H,3H2,1H3. The molecule has 0 aliphatic rings. The molecule has 5 heteroatoms. The van der Waals surface area contributed by atoms with Crippen LogP contribution in [0, 0.1) is 6.92 Å². The van der Waals surface area contributed by atoms with Crippen molar-refractivity contribution in [2.24, 2.45) is 0 Å². The van der Waals surface area contributed by atoms with Crippen LogP contribution in [0.4, 0.5) is 0 Å². The molecule has 70 valence electrons. The lowest BCUT2D eigenvalue weighted by Crippen LogP contribution is -2.07. The highest BCUT2D eigenvalue weighted by atomic mass is 79.9. The summed E-state index contributed by atoms with van der Waals surface area (Å²) in [4.78, 5) is 15.1. The maximum atomic E-state index is 11.2. The number of aromatic nitrogens is 1. The Morgan fingerprint density at radius 1 is 1.77 bits per heavy atom. The fraction of sp³-hybridized carbons (Fsp3) is 0.250. The zero-order chi connectivity index (χ0) is 10.0. The number of carbonyl (C=O) groups is 1. The minimum absolute atomic E-state index is 0.117. The molecule has 0 fully saturated rings. The quantitative estimate of drug-likeness (QED) is 0.656. The Hall–Kier alpha value is -0.450. The number of hydrogen-bond acceptors (Lipinski definition) is 3. The molecule has 0 spiro atoms. The first-order chi connectivity index (χ1) is 6.06. The second-order valence-electron chi connectivity index (χ2n) is 2.49. The van der Waals surface area contributed by atoms with Gasteiger partial charge in [-0.25, -0.2) is 4.98 Å². The van der Waals surface area contributed by atoms with Gasteiger partial charge in [0.1, 0.15) is 11.8 Å². The monoisotopic (exact) mass is 263 g/mol. The van der Waals surface area contributed by atoms with Gasteiger partial charge in [0.25, 0.3) is 0 Å². The van der Waals surface area contributed by atoms with Crippen molar-refractivity contribution >= 4 is 33.3 Å². The fourth-order valence-corrected chi connectivity index (χ4v) is 2.12. The van der Waals surface area contributed by atoms with E-state index in [-0.39, 0.29) is 10.7 Å². The average molecular weight is 265 g/mol. The van der Waals surface area contributed by atoms with E-state index in [1.165, 1.54) is 0 Å². The fourth-order valence-electron chi connectivity index (χ4n) is 0.924. The maximum Gasteiger partial charge on any atom is 0.192 e. The van der Waals surface area contributed by atoms with Gasteiger partial charge in [-0.1, -0.05) is 11.6 Å².